The van der Waals surface area contributed by atoms with Gasteiger partial charge < -0.3 is 9.64 Å². The molecule has 0 radical (unpaired) electrons. The van der Waals surface area contributed by atoms with Crippen molar-refractivity contribution in [3.63, 3.8) is 0 Å². The zero-order valence-corrected chi connectivity index (χ0v) is 18.8. The van der Waals surface area contributed by atoms with Gasteiger partial charge in [-0.2, -0.15) is 5.10 Å². The zero-order valence-electron chi connectivity index (χ0n) is 18.8. The summed E-state index contributed by atoms with van der Waals surface area (Å²) >= 11 is 0. The molecule has 0 saturated heterocycles. The van der Waals surface area contributed by atoms with Crippen molar-refractivity contribution in [1.29, 1.82) is 0 Å². The summed E-state index contributed by atoms with van der Waals surface area (Å²) in [4.78, 5) is 30.8. The van der Waals surface area contributed by atoms with E-state index in [4.69, 9.17) is 4.74 Å². The summed E-state index contributed by atoms with van der Waals surface area (Å²) in [7, 11) is 0. The molecule has 166 valence electrons. The molecule has 1 amide bonds. The summed E-state index contributed by atoms with van der Waals surface area (Å²) in [6.07, 6.45) is 6.79. The first-order valence-electron chi connectivity index (χ1n) is 10.6. The van der Waals surface area contributed by atoms with E-state index in [0.717, 1.165) is 16.7 Å². The largest absolute Gasteiger partial charge is 0.456 e. The average molecular weight is 441 g/mol. The van der Waals surface area contributed by atoms with Crippen LogP contribution in [0, 0.1) is 11.8 Å². The van der Waals surface area contributed by atoms with Crippen molar-refractivity contribution in [2.45, 2.75) is 39.5 Å². The van der Waals surface area contributed by atoms with Crippen molar-refractivity contribution in [2.75, 3.05) is 0 Å². The van der Waals surface area contributed by atoms with Crippen LogP contribution in [-0.4, -0.2) is 37.1 Å². The van der Waals surface area contributed by atoms with Gasteiger partial charge in [-0.3, -0.25) is 4.79 Å². The number of hydrogen-bond donors (Lipinski definition) is 0. The van der Waals surface area contributed by atoms with Gasteiger partial charge in [-0.15, -0.1) is 0 Å². The molecule has 4 rings (SSSR count). The molecule has 7 nitrogen and oxygen atoms in total. The van der Waals surface area contributed by atoms with Crippen LogP contribution in [-0.2, 0) is 17.8 Å². The number of ether oxygens (including phenoxy) is 1. The topological polar surface area (TPSA) is 77.3 Å². The lowest BCUT2D eigenvalue weighted by Gasteiger charge is -2.24. The number of esters is 1. The highest BCUT2D eigenvalue weighted by atomic mass is 16.6. The molecule has 0 saturated carbocycles. The predicted molar refractivity (Wildman–Crippen MR) is 124 cm³/mol. The minimum atomic E-state index is -0.572. The minimum absolute atomic E-state index is 0.143. The maximum atomic E-state index is 13.0. The second-order valence-corrected chi connectivity index (χ2v) is 8.64. The highest BCUT2D eigenvalue weighted by Gasteiger charge is 2.21. The molecular weight excluding hydrogens is 416 g/mol. The van der Waals surface area contributed by atoms with Crippen LogP contribution in [0.1, 0.15) is 58.2 Å². The van der Waals surface area contributed by atoms with Gasteiger partial charge in [0.1, 0.15) is 24.8 Å². The summed E-state index contributed by atoms with van der Waals surface area (Å²) in [5, 5.41) is 4.03. The van der Waals surface area contributed by atoms with E-state index in [0.29, 0.717) is 24.2 Å². The first kappa shape index (κ1) is 22.0. The van der Waals surface area contributed by atoms with E-state index in [1.807, 2.05) is 45.0 Å². The average Bonchev–Trinajstić information content (AvgIpc) is 3.30. The van der Waals surface area contributed by atoms with E-state index in [9.17, 15) is 9.59 Å². The number of aromatic nitrogens is 3. The van der Waals surface area contributed by atoms with Gasteiger partial charge in [-0.1, -0.05) is 17.9 Å². The number of fused-ring (bicyclic) bond motifs is 1. The molecule has 2 aromatic carbocycles. The Kier molecular flexibility index (Phi) is 6.09. The van der Waals surface area contributed by atoms with Crippen molar-refractivity contribution >= 4 is 18.0 Å². The second kappa shape index (κ2) is 9.13. The van der Waals surface area contributed by atoms with E-state index in [-0.39, 0.29) is 5.91 Å². The van der Waals surface area contributed by atoms with Crippen LogP contribution in [0.4, 0.5) is 0 Å². The molecule has 0 bridgehead atoms. The standard InChI is InChI=1S/C26H24N4O3/c1-26(2,3)33-25(32)22-10-8-21(9-11-22)24(31)29-14-12-20-7-6-19(15-23(20)16-29)5-4-13-30-18-27-17-28-30/h6-12,14-15,17-18H,13,16H2,1-3H3. The van der Waals surface area contributed by atoms with E-state index >= 15 is 0 Å². The molecule has 0 aliphatic carbocycles. The maximum Gasteiger partial charge on any atom is 0.338 e. The smallest absolute Gasteiger partial charge is 0.338 e. The zero-order chi connectivity index (χ0) is 23.4. The molecule has 2 heterocycles. The Balaban J connectivity index is 1.44. The molecular formula is C26H24N4O3. The van der Waals surface area contributed by atoms with Gasteiger partial charge in [0.2, 0.25) is 0 Å². The SMILES string of the molecule is CC(C)(C)OC(=O)c1ccc(C(=O)N2C=Cc3ccc(C#CCn4cncn4)cc3C2)cc1. The van der Waals surface area contributed by atoms with E-state index in [1.54, 1.807) is 46.4 Å². The summed E-state index contributed by atoms with van der Waals surface area (Å²) in [6, 6.07) is 12.5. The van der Waals surface area contributed by atoms with Crippen LogP contribution in [0.5, 0.6) is 0 Å². The predicted octanol–water partition coefficient (Wildman–Crippen LogP) is 3.91. The minimum Gasteiger partial charge on any atom is -0.456 e. The Hall–Kier alpha value is -4.18. The molecule has 0 N–H and O–H groups in total. The van der Waals surface area contributed by atoms with Gasteiger partial charge in [0.15, 0.2) is 0 Å². The number of benzene rings is 2. The highest BCUT2D eigenvalue weighted by Crippen LogP contribution is 2.23. The molecule has 0 spiro atoms. The second-order valence-electron chi connectivity index (χ2n) is 8.64. The Morgan fingerprint density at radius 3 is 2.55 bits per heavy atom. The summed E-state index contributed by atoms with van der Waals surface area (Å²) < 4.78 is 7.03. The number of rotatable bonds is 3. The monoisotopic (exact) mass is 440 g/mol. The third-order valence-electron chi connectivity index (χ3n) is 4.89. The van der Waals surface area contributed by atoms with Gasteiger partial charge in [0.05, 0.1) is 12.1 Å². The van der Waals surface area contributed by atoms with E-state index in [1.165, 1.54) is 6.33 Å². The van der Waals surface area contributed by atoms with Crippen molar-refractivity contribution in [1.82, 2.24) is 19.7 Å². The van der Waals surface area contributed by atoms with Gasteiger partial charge in [-0.05, 0) is 74.4 Å². The Bertz CT molecular complexity index is 1260. The highest BCUT2D eigenvalue weighted by molar-refractivity contribution is 5.97. The molecule has 7 heteroatoms. The van der Waals surface area contributed by atoms with Crippen molar-refractivity contribution in [3.8, 4) is 11.8 Å². The lowest BCUT2D eigenvalue weighted by atomic mass is 10.0. The molecule has 33 heavy (non-hydrogen) atoms. The first-order valence-corrected chi connectivity index (χ1v) is 10.6. The Labute approximate surface area is 192 Å². The lowest BCUT2D eigenvalue weighted by molar-refractivity contribution is 0.00692. The van der Waals surface area contributed by atoms with Crippen LogP contribution >= 0.6 is 0 Å². The summed E-state index contributed by atoms with van der Waals surface area (Å²) in [5.41, 5.74) is 3.29. The van der Waals surface area contributed by atoms with Crippen LogP contribution < -0.4 is 0 Å². The van der Waals surface area contributed by atoms with Gasteiger partial charge in [0, 0.05) is 17.3 Å². The fraction of sp³-hybridized carbons (Fsp3) is 0.231. The maximum absolute atomic E-state index is 13.0. The van der Waals surface area contributed by atoms with Gasteiger partial charge in [-0.25, -0.2) is 14.5 Å². The van der Waals surface area contributed by atoms with Gasteiger partial charge in [0.25, 0.3) is 5.91 Å². The Morgan fingerprint density at radius 1 is 1.09 bits per heavy atom. The van der Waals surface area contributed by atoms with E-state index < -0.39 is 11.6 Å². The van der Waals surface area contributed by atoms with Crippen LogP contribution in [0.2, 0.25) is 0 Å². The van der Waals surface area contributed by atoms with Crippen molar-refractivity contribution in [2.24, 2.45) is 0 Å². The number of amides is 1. The fourth-order valence-electron chi connectivity index (χ4n) is 3.32. The van der Waals surface area contributed by atoms with Crippen LogP contribution in [0.25, 0.3) is 6.08 Å². The molecule has 0 fully saturated rings. The summed E-state index contributed by atoms with van der Waals surface area (Å²) in [6.45, 7) is 6.35. The third kappa shape index (κ3) is 5.55. The first-order chi connectivity index (χ1) is 15.8. The third-order valence-corrected chi connectivity index (χ3v) is 4.89. The molecule has 1 aliphatic rings. The molecule has 0 atom stereocenters. The van der Waals surface area contributed by atoms with Crippen LogP contribution in [0.15, 0.2) is 61.3 Å². The summed E-state index contributed by atoms with van der Waals surface area (Å²) in [5.74, 6) is 5.65. The number of nitrogens with zero attached hydrogens (tertiary/aromatic N) is 4. The molecule has 1 aromatic heterocycles. The molecule has 1 aliphatic heterocycles. The molecule has 3 aromatic rings. The van der Waals surface area contributed by atoms with E-state index in [2.05, 4.69) is 21.9 Å². The number of carbonyl (C=O) groups excluding carboxylic acids is 2. The number of hydrogen-bond acceptors (Lipinski definition) is 5. The normalized spacial score (nSPS) is 12.5. The van der Waals surface area contributed by atoms with Crippen molar-refractivity contribution < 1.29 is 14.3 Å². The Morgan fingerprint density at radius 2 is 1.85 bits per heavy atom. The lowest BCUT2D eigenvalue weighted by Crippen LogP contribution is -2.27. The van der Waals surface area contributed by atoms with Crippen molar-refractivity contribution in [3.05, 3.63) is 89.1 Å². The fourth-order valence-corrected chi connectivity index (χ4v) is 3.32. The van der Waals surface area contributed by atoms with Crippen LogP contribution in [0.3, 0.4) is 0 Å². The molecule has 0 unspecified atom stereocenters. The number of carbonyl (C=O) groups is 2. The quantitative estimate of drug-likeness (QED) is 0.456. The van der Waals surface area contributed by atoms with Gasteiger partial charge >= 0.3 is 5.97 Å².